The Morgan fingerprint density at radius 1 is 1.29 bits per heavy atom. The van der Waals surface area contributed by atoms with Crippen LogP contribution < -0.4 is 5.73 Å². The van der Waals surface area contributed by atoms with Gasteiger partial charge >= 0.3 is 0 Å². The van der Waals surface area contributed by atoms with Gasteiger partial charge in [-0.05, 0) is 51.7 Å². The van der Waals surface area contributed by atoms with Gasteiger partial charge in [0.1, 0.15) is 0 Å². The van der Waals surface area contributed by atoms with Crippen LogP contribution in [-0.2, 0) is 0 Å². The van der Waals surface area contributed by atoms with Crippen LogP contribution in [0.15, 0.2) is 0 Å². The molecule has 2 unspecified atom stereocenters. The van der Waals surface area contributed by atoms with Crippen molar-refractivity contribution in [3.05, 3.63) is 0 Å². The van der Waals surface area contributed by atoms with Crippen molar-refractivity contribution in [2.75, 3.05) is 20.6 Å². The third kappa shape index (κ3) is 2.96. The van der Waals surface area contributed by atoms with Crippen molar-refractivity contribution < 1.29 is 0 Å². The second kappa shape index (κ2) is 5.72. The topological polar surface area (TPSA) is 29.3 Å². The van der Waals surface area contributed by atoms with Crippen LogP contribution in [0.1, 0.15) is 39.0 Å². The lowest BCUT2D eigenvalue weighted by Crippen LogP contribution is -2.40. The van der Waals surface area contributed by atoms with Gasteiger partial charge in [0, 0.05) is 6.04 Å². The fourth-order valence-corrected chi connectivity index (χ4v) is 3.13. The highest BCUT2D eigenvalue weighted by molar-refractivity contribution is 4.84. The highest BCUT2D eigenvalue weighted by atomic mass is 15.1. The summed E-state index contributed by atoms with van der Waals surface area (Å²) in [5, 5.41) is 0. The van der Waals surface area contributed by atoms with E-state index < -0.39 is 0 Å². The van der Waals surface area contributed by atoms with E-state index in [1.54, 1.807) is 0 Å². The maximum absolute atomic E-state index is 5.65. The smallest absolute Gasteiger partial charge is 0.0143 e. The first-order valence-electron chi connectivity index (χ1n) is 6.03. The predicted octanol–water partition coefficient (Wildman–Crippen LogP) is 2.09. The van der Waals surface area contributed by atoms with Crippen molar-refractivity contribution in [3.63, 3.8) is 0 Å². The highest BCUT2D eigenvalue weighted by Gasteiger charge is 2.30. The fraction of sp³-hybridized carbons (Fsp3) is 1.00. The van der Waals surface area contributed by atoms with E-state index in [1.165, 1.54) is 32.1 Å². The summed E-state index contributed by atoms with van der Waals surface area (Å²) in [6.07, 6.45) is 6.89. The van der Waals surface area contributed by atoms with E-state index in [0.717, 1.165) is 24.4 Å². The lowest BCUT2D eigenvalue weighted by Gasteiger charge is -2.35. The molecule has 2 N–H and O–H groups in total. The van der Waals surface area contributed by atoms with Gasteiger partial charge in [-0.3, -0.25) is 0 Å². The molecule has 1 saturated carbocycles. The normalized spacial score (nSPS) is 22.9. The monoisotopic (exact) mass is 198 g/mol. The predicted molar refractivity (Wildman–Crippen MR) is 62.3 cm³/mol. The van der Waals surface area contributed by atoms with Gasteiger partial charge in [0.05, 0.1) is 0 Å². The molecule has 0 aliphatic heterocycles. The molecule has 0 spiro atoms. The molecule has 0 aromatic carbocycles. The van der Waals surface area contributed by atoms with Gasteiger partial charge in [0.25, 0.3) is 0 Å². The van der Waals surface area contributed by atoms with Gasteiger partial charge in [-0.15, -0.1) is 0 Å². The molecule has 0 bridgehead atoms. The average molecular weight is 198 g/mol. The van der Waals surface area contributed by atoms with Crippen molar-refractivity contribution in [3.8, 4) is 0 Å². The lowest BCUT2D eigenvalue weighted by atomic mass is 9.85. The zero-order chi connectivity index (χ0) is 10.6. The highest BCUT2D eigenvalue weighted by Crippen LogP contribution is 2.33. The SMILES string of the molecule is CC(CCN)C(C1CCCC1)N(C)C. The summed E-state index contributed by atoms with van der Waals surface area (Å²) in [7, 11) is 4.44. The van der Waals surface area contributed by atoms with Crippen molar-refractivity contribution in [1.29, 1.82) is 0 Å². The van der Waals surface area contributed by atoms with Gasteiger partial charge in [-0.2, -0.15) is 0 Å². The van der Waals surface area contributed by atoms with E-state index in [0.29, 0.717) is 0 Å². The van der Waals surface area contributed by atoms with E-state index in [-0.39, 0.29) is 0 Å². The Hall–Kier alpha value is -0.0800. The van der Waals surface area contributed by atoms with Crippen LogP contribution in [0.25, 0.3) is 0 Å². The van der Waals surface area contributed by atoms with E-state index in [9.17, 15) is 0 Å². The average Bonchev–Trinajstić information content (AvgIpc) is 2.57. The van der Waals surface area contributed by atoms with Gasteiger partial charge in [0.15, 0.2) is 0 Å². The Morgan fingerprint density at radius 3 is 2.29 bits per heavy atom. The minimum absolute atomic E-state index is 0.748. The van der Waals surface area contributed by atoms with Gasteiger partial charge in [-0.1, -0.05) is 19.8 Å². The number of rotatable bonds is 5. The van der Waals surface area contributed by atoms with Crippen molar-refractivity contribution in [2.24, 2.45) is 17.6 Å². The van der Waals surface area contributed by atoms with E-state index >= 15 is 0 Å². The number of hydrogen-bond acceptors (Lipinski definition) is 2. The molecule has 2 heteroatoms. The second-order valence-corrected chi connectivity index (χ2v) is 5.05. The molecule has 84 valence electrons. The Labute approximate surface area is 88.8 Å². The van der Waals surface area contributed by atoms with Crippen molar-refractivity contribution >= 4 is 0 Å². The van der Waals surface area contributed by atoms with E-state index in [4.69, 9.17) is 5.73 Å². The van der Waals surface area contributed by atoms with Crippen LogP contribution in [-0.4, -0.2) is 31.6 Å². The molecule has 14 heavy (non-hydrogen) atoms. The third-order valence-electron chi connectivity index (χ3n) is 3.68. The molecule has 0 heterocycles. The maximum Gasteiger partial charge on any atom is 0.0143 e. The van der Waals surface area contributed by atoms with Gasteiger partial charge in [0.2, 0.25) is 0 Å². The Morgan fingerprint density at radius 2 is 1.86 bits per heavy atom. The first kappa shape index (κ1) is 12.0. The Kier molecular flexibility index (Phi) is 4.90. The summed E-state index contributed by atoms with van der Waals surface area (Å²) in [6, 6.07) is 0.751. The largest absolute Gasteiger partial charge is 0.330 e. The molecule has 0 saturated heterocycles. The summed E-state index contributed by atoms with van der Waals surface area (Å²) in [5.41, 5.74) is 5.65. The molecule has 2 nitrogen and oxygen atoms in total. The molecule has 0 amide bonds. The maximum atomic E-state index is 5.65. The molecular weight excluding hydrogens is 172 g/mol. The van der Waals surface area contributed by atoms with Gasteiger partial charge < -0.3 is 10.6 Å². The standard InChI is InChI=1S/C12H26N2/c1-10(8-9-13)12(14(2)3)11-6-4-5-7-11/h10-12H,4-9,13H2,1-3H3. The van der Waals surface area contributed by atoms with Crippen LogP contribution in [0.5, 0.6) is 0 Å². The second-order valence-electron chi connectivity index (χ2n) is 5.05. The molecule has 0 radical (unpaired) electrons. The van der Waals surface area contributed by atoms with Gasteiger partial charge in [-0.25, -0.2) is 0 Å². The van der Waals surface area contributed by atoms with Crippen LogP contribution in [0.2, 0.25) is 0 Å². The Bertz CT molecular complexity index is 150. The van der Waals surface area contributed by atoms with Crippen LogP contribution >= 0.6 is 0 Å². The minimum atomic E-state index is 0.748. The minimum Gasteiger partial charge on any atom is -0.330 e. The zero-order valence-electron chi connectivity index (χ0n) is 10.00. The molecule has 1 aliphatic carbocycles. The lowest BCUT2D eigenvalue weighted by molar-refractivity contribution is 0.146. The Balaban J connectivity index is 2.53. The van der Waals surface area contributed by atoms with Crippen molar-refractivity contribution in [1.82, 2.24) is 4.90 Å². The van der Waals surface area contributed by atoms with Crippen LogP contribution in [0.4, 0.5) is 0 Å². The summed E-state index contributed by atoms with van der Waals surface area (Å²) < 4.78 is 0. The van der Waals surface area contributed by atoms with E-state index in [2.05, 4.69) is 25.9 Å². The summed E-state index contributed by atoms with van der Waals surface area (Å²) in [5.74, 6) is 1.67. The summed E-state index contributed by atoms with van der Waals surface area (Å²) in [4.78, 5) is 2.41. The molecule has 1 fully saturated rings. The number of hydrogen-bond donors (Lipinski definition) is 1. The van der Waals surface area contributed by atoms with Crippen molar-refractivity contribution in [2.45, 2.75) is 45.1 Å². The number of nitrogens with zero attached hydrogens (tertiary/aromatic N) is 1. The first-order valence-corrected chi connectivity index (χ1v) is 6.03. The quantitative estimate of drug-likeness (QED) is 0.733. The molecule has 1 rings (SSSR count). The molecule has 0 aromatic heterocycles. The van der Waals surface area contributed by atoms with E-state index in [1.807, 2.05) is 0 Å². The molecule has 2 atom stereocenters. The first-order chi connectivity index (χ1) is 6.66. The summed E-state index contributed by atoms with van der Waals surface area (Å²) in [6.45, 7) is 3.19. The molecule has 1 aliphatic rings. The van der Waals surface area contributed by atoms with Crippen LogP contribution in [0, 0.1) is 11.8 Å². The fourth-order valence-electron chi connectivity index (χ4n) is 3.13. The number of nitrogens with two attached hydrogens (primary N) is 1. The van der Waals surface area contributed by atoms with Crippen LogP contribution in [0.3, 0.4) is 0 Å². The third-order valence-corrected chi connectivity index (χ3v) is 3.68. The summed E-state index contributed by atoms with van der Waals surface area (Å²) >= 11 is 0. The molecular formula is C12H26N2. The zero-order valence-corrected chi connectivity index (χ0v) is 10.00. The molecule has 0 aromatic rings.